The summed E-state index contributed by atoms with van der Waals surface area (Å²) in [5.74, 6) is 0.617. The van der Waals surface area contributed by atoms with Crippen molar-refractivity contribution >= 4 is 27.5 Å². The summed E-state index contributed by atoms with van der Waals surface area (Å²) >= 11 is 9.45. The molecule has 19 heavy (non-hydrogen) atoms. The average Bonchev–Trinajstić information content (AvgIpc) is 2.77. The highest BCUT2D eigenvalue weighted by atomic mass is 79.9. The van der Waals surface area contributed by atoms with Crippen LogP contribution >= 0.6 is 27.5 Å². The monoisotopic (exact) mass is 342 g/mol. The largest absolute Gasteiger partial charge is 0.311 e. The summed E-state index contributed by atoms with van der Waals surface area (Å²) in [5.41, 5.74) is 1.95. The van der Waals surface area contributed by atoms with Gasteiger partial charge in [-0.3, -0.25) is 0 Å². The molecule has 6 heteroatoms. The van der Waals surface area contributed by atoms with Crippen molar-refractivity contribution in [2.45, 2.75) is 20.4 Å². The zero-order valence-corrected chi connectivity index (χ0v) is 13.2. The number of nitrogens with zero attached hydrogens (tertiary/aromatic N) is 3. The molecule has 0 saturated heterocycles. The van der Waals surface area contributed by atoms with Crippen LogP contribution in [0.25, 0.3) is 5.69 Å². The second-order valence-corrected chi connectivity index (χ2v) is 6.05. The fourth-order valence-corrected chi connectivity index (χ4v) is 2.57. The highest BCUT2D eigenvalue weighted by molar-refractivity contribution is 9.10. The Labute approximate surface area is 126 Å². The number of hydrogen-bond acceptors (Lipinski definition) is 3. The van der Waals surface area contributed by atoms with Crippen LogP contribution in [0.4, 0.5) is 0 Å². The predicted octanol–water partition coefficient (Wildman–Crippen LogP) is 3.43. The van der Waals surface area contributed by atoms with Gasteiger partial charge in [0.2, 0.25) is 0 Å². The Morgan fingerprint density at radius 1 is 1.42 bits per heavy atom. The molecule has 2 aromatic rings. The zero-order chi connectivity index (χ0) is 13.8. The highest BCUT2D eigenvalue weighted by Crippen LogP contribution is 2.25. The van der Waals surface area contributed by atoms with Crippen molar-refractivity contribution in [1.82, 2.24) is 20.3 Å². The quantitative estimate of drug-likeness (QED) is 0.904. The molecule has 0 bridgehead atoms. The second-order valence-electron chi connectivity index (χ2n) is 4.76. The van der Waals surface area contributed by atoms with Gasteiger partial charge < -0.3 is 5.32 Å². The van der Waals surface area contributed by atoms with Crippen LogP contribution in [0, 0.1) is 5.92 Å². The molecular weight excluding hydrogens is 328 g/mol. The Morgan fingerprint density at radius 2 is 2.21 bits per heavy atom. The first-order valence-corrected chi connectivity index (χ1v) is 7.30. The smallest absolute Gasteiger partial charge is 0.0810 e. The number of nitrogens with one attached hydrogen (secondary N) is 1. The molecule has 0 saturated carbocycles. The predicted molar refractivity (Wildman–Crippen MR) is 80.6 cm³/mol. The lowest BCUT2D eigenvalue weighted by atomic mass is 10.2. The van der Waals surface area contributed by atoms with E-state index in [-0.39, 0.29) is 0 Å². The lowest BCUT2D eigenvalue weighted by Crippen LogP contribution is -2.20. The van der Waals surface area contributed by atoms with E-state index in [2.05, 4.69) is 45.4 Å². The molecule has 1 N–H and O–H groups in total. The van der Waals surface area contributed by atoms with Gasteiger partial charge in [-0.05, 0) is 46.6 Å². The molecule has 1 aromatic carbocycles. The molecule has 0 amide bonds. The zero-order valence-electron chi connectivity index (χ0n) is 10.9. The van der Waals surface area contributed by atoms with E-state index in [0.29, 0.717) is 10.9 Å². The average molecular weight is 344 g/mol. The Kier molecular flexibility index (Phi) is 4.96. The maximum Gasteiger partial charge on any atom is 0.0810 e. The van der Waals surface area contributed by atoms with Gasteiger partial charge in [0.05, 0.1) is 17.6 Å². The van der Waals surface area contributed by atoms with E-state index >= 15 is 0 Å². The Balaban J connectivity index is 2.19. The van der Waals surface area contributed by atoms with Crippen molar-refractivity contribution in [3.8, 4) is 5.69 Å². The molecule has 0 aliphatic heterocycles. The lowest BCUT2D eigenvalue weighted by Gasteiger charge is -2.10. The summed E-state index contributed by atoms with van der Waals surface area (Å²) in [6.45, 7) is 6.06. The van der Waals surface area contributed by atoms with Crippen LogP contribution in [0.2, 0.25) is 5.02 Å². The van der Waals surface area contributed by atoms with Gasteiger partial charge in [0, 0.05) is 16.0 Å². The molecule has 0 fully saturated rings. The first-order chi connectivity index (χ1) is 9.08. The molecular formula is C13H16BrClN4. The Bertz CT molecular complexity index is 553. The maximum atomic E-state index is 5.95. The minimum Gasteiger partial charge on any atom is -0.311 e. The summed E-state index contributed by atoms with van der Waals surface area (Å²) in [4.78, 5) is 0. The van der Waals surface area contributed by atoms with E-state index in [1.807, 2.05) is 22.9 Å². The van der Waals surface area contributed by atoms with Crippen LogP contribution < -0.4 is 5.32 Å². The Morgan fingerprint density at radius 3 is 2.89 bits per heavy atom. The van der Waals surface area contributed by atoms with Gasteiger partial charge in [0.1, 0.15) is 0 Å². The van der Waals surface area contributed by atoms with E-state index in [4.69, 9.17) is 11.6 Å². The molecule has 4 nitrogen and oxygen atoms in total. The van der Waals surface area contributed by atoms with Crippen LogP contribution in [0.1, 0.15) is 19.5 Å². The second kappa shape index (κ2) is 6.50. The summed E-state index contributed by atoms with van der Waals surface area (Å²) < 4.78 is 2.71. The fraction of sp³-hybridized carbons (Fsp3) is 0.385. The van der Waals surface area contributed by atoms with Gasteiger partial charge in [-0.25, -0.2) is 4.68 Å². The first kappa shape index (κ1) is 14.5. The summed E-state index contributed by atoms with van der Waals surface area (Å²) in [7, 11) is 0. The molecule has 2 rings (SSSR count). The first-order valence-electron chi connectivity index (χ1n) is 6.13. The molecule has 0 spiro atoms. The van der Waals surface area contributed by atoms with Crippen molar-refractivity contribution in [2.24, 2.45) is 5.92 Å². The molecule has 0 aliphatic rings. The molecule has 0 atom stereocenters. The van der Waals surface area contributed by atoms with Gasteiger partial charge in [-0.15, -0.1) is 5.10 Å². The van der Waals surface area contributed by atoms with Crippen LogP contribution in [0.3, 0.4) is 0 Å². The van der Waals surface area contributed by atoms with Gasteiger partial charge in [-0.1, -0.05) is 30.7 Å². The standard InChI is InChI=1S/C13H16BrClN4/c1-9(2)6-16-7-11-8-17-18-19(11)13-4-3-10(15)5-12(13)14/h3-5,8-9,16H,6-7H2,1-2H3. The minimum absolute atomic E-state index is 0.617. The van der Waals surface area contributed by atoms with Crippen molar-refractivity contribution in [1.29, 1.82) is 0 Å². The molecule has 0 radical (unpaired) electrons. The van der Waals surface area contributed by atoms with E-state index in [9.17, 15) is 0 Å². The third-order valence-electron chi connectivity index (χ3n) is 2.62. The molecule has 1 aromatic heterocycles. The van der Waals surface area contributed by atoms with E-state index in [1.165, 1.54) is 0 Å². The van der Waals surface area contributed by atoms with Gasteiger partial charge in [0.15, 0.2) is 0 Å². The van der Waals surface area contributed by atoms with Crippen molar-refractivity contribution in [3.05, 3.63) is 39.6 Å². The summed E-state index contributed by atoms with van der Waals surface area (Å²) in [6.07, 6.45) is 1.77. The molecule has 1 heterocycles. The third-order valence-corrected chi connectivity index (χ3v) is 3.49. The highest BCUT2D eigenvalue weighted by Gasteiger charge is 2.09. The van der Waals surface area contributed by atoms with E-state index in [1.54, 1.807) is 6.20 Å². The van der Waals surface area contributed by atoms with Gasteiger partial charge in [0.25, 0.3) is 0 Å². The van der Waals surface area contributed by atoms with Crippen LogP contribution in [0.5, 0.6) is 0 Å². The van der Waals surface area contributed by atoms with Gasteiger partial charge >= 0.3 is 0 Å². The van der Waals surface area contributed by atoms with E-state index in [0.717, 1.165) is 28.9 Å². The minimum atomic E-state index is 0.617. The van der Waals surface area contributed by atoms with Crippen LogP contribution in [-0.2, 0) is 6.54 Å². The van der Waals surface area contributed by atoms with Gasteiger partial charge in [-0.2, -0.15) is 0 Å². The normalized spacial score (nSPS) is 11.2. The van der Waals surface area contributed by atoms with Crippen molar-refractivity contribution in [2.75, 3.05) is 6.54 Å². The SMILES string of the molecule is CC(C)CNCc1cnnn1-c1ccc(Cl)cc1Br. The number of halogens is 2. The third kappa shape index (κ3) is 3.78. The Hall–Kier alpha value is -0.910. The summed E-state index contributed by atoms with van der Waals surface area (Å²) in [5, 5.41) is 12.2. The van der Waals surface area contributed by atoms with Crippen molar-refractivity contribution < 1.29 is 0 Å². The molecule has 102 valence electrons. The topological polar surface area (TPSA) is 42.7 Å². The number of benzene rings is 1. The van der Waals surface area contributed by atoms with E-state index < -0.39 is 0 Å². The van der Waals surface area contributed by atoms with Crippen LogP contribution in [-0.4, -0.2) is 21.5 Å². The maximum absolute atomic E-state index is 5.95. The van der Waals surface area contributed by atoms with Crippen LogP contribution in [0.15, 0.2) is 28.9 Å². The van der Waals surface area contributed by atoms with Crippen molar-refractivity contribution in [3.63, 3.8) is 0 Å². The lowest BCUT2D eigenvalue weighted by molar-refractivity contribution is 0.542. The number of hydrogen-bond donors (Lipinski definition) is 1. The molecule has 0 aliphatic carbocycles. The number of rotatable bonds is 5. The summed E-state index contributed by atoms with van der Waals surface area (Å²) in [6, 6.07) is 5.62. The fourth-order valence-electron chi connectivity index (χ4n) is 1.72. The molecule has 0 unspecified atom stereocenters. The number of aromatic nitrogens is 3.